The number of allylic oxidation sites excluding steroid dienone is 3. The van der Waals surface area contributed by atoms with Crippen LogP contribution in [0, 0.1) is 5.92 Å². The lowest BCUT2D eigenvalue weighted by Crippen LogP contribution is -2.24. The van der Waals surface area contributed by atoms with Crippen LogP contribution in [-0.2, 0) is 0 Å². The third kappa shape index (κ3) is 3.26. The van der Waals surface area contributed by atoms with E-state index in [0.29, 0.717) is 0 Å². The highest BCUT2D eigenvalue weighted by Gasteiger charge is 2.12. The molecule has 0 aliphatic carbocycles. The number of hydrogen-bond acceptors (Lipinski definition) is 1. The molecular formula is C14H23N. The Balaban J connectivity index is 2.57. The van der Waals surface area contributed by atoms with Crippen molar-refractivity contribution in [1.29, 1.82) is 0 Å². The molecule has 15 heavy (non-hydrogen) atoms. The summed E-state index contributed by atoms with van der Waals surface area (Å²) in [5, 5.41) is 0. The quantitative estimate of drug-likeness (QED) is 0.653. The van der Waals surface area contributed by atoms with E-state index in [1.165, 1.54) is 18.4 Å². The highest BCUT2D eigenvalue weighted by Crippen LogP contribution is 2.20. The zero-order valence-electron chi connectivity index (χ0n) is 10.3. The monoisotopic (exact) mass is 205 g/mol. The first-order valence-corrected chi connectivity index (χ1v) is 6.05. The lowest BCUT2D eigenvalue weighted by molar-refractivity contribution is 0.350. The zero-order valence-corrected chi connectivity index (χ0v) is 10.3. The van der Waals surface area contributed by atoms with Gasteiger partial charge in [-0.3, -0.25) is 0 Å². The summed E-state index contributed by atoms with van der Waals surface area (Å²) in [4.78, 5) is 2.27. The first kappa shape index (κ1) is 12.1. The van der Waals surface area contributed by atoms with Gasteiger partial charge in [-0.25, -0.2) is 0 Å². The fraction of sp³-hybridized carbons (Fsp3) is 0.571. The van der Waals surface area contributed by atoms with Crippen molar-refractivity contribution in [2.24, 2.45) is 5.92 Å². The van der Waals surface area contributed by atoms with Gasteiger partial charge in [0.05, 0.1) is 0 Å². The molecule has 0 amide bonds. The summed E-state index contributed by atoms with van der Waals surface area (Å²) >= 11 is 0. The Morgan fingerprint density at radius 3 is 2.40 bits per heavy atom. The largest absolute Gasteiger partial charge is 0.348 e. The van der Waals surface area contributed by atoms with Crippen LogP contribution in [0.3, 0.4) is 0 Å². The fourth-order valence-corrected chi connectivity index (χ4v) is 1.85. The van der Waals surface area contributed by atoms with Crippen LogP contribution < -0.4 is 0 Å². The Morgan fingerprint density at radius 2 is 1.93 bits per heavy atom. The molecule has 1 nitrogen and oxygen atoms in total. The molecule has 1 rings (SSSR count). The molecule has 0 fully saturated rings. The van der Waals surface area contributed by atoms with Crippen LogP contribution in [-0.4, -0.2) is 11.4 Å². The van der Waals surface area contributed by atoms with Crippen LogP contribution in [0.5, 0.6) is 0 Å². The lowest BCUT2D eigenvalue weighted by atomic mass is 10.0. The maximum Gasteiger partial charge on any atom is 0.0335 e. The average Bonchev–Trinajstić information content (AvgIpc) is 2.27. The van der Waals surface area contributed by atoms with Crippen molar-refractivity contribution in [3.05, 3.63) is 36.2 Å². The van der Waals surface area contributed by atoms with Crippen molar-refractivity contribution in [3.8, 4) is 0 Å². The first-order valence-electron chi connectivity index (χ1n) is 6.05. The summed E-state index contributed by atoms with van der Waals surface area (Å²) in [6.45, 7) is 11.9. The van der Waals surface area contributed by atoms with E-state index in [2.05, 4.69) is 50.6 Å². The standard InChI is InChI=1S/C14H23N/c1-5-13(6-2)11-15-9-8-14(7-3)10-12(15)4/h8-10,13H,4-7,11H2,1-3H3. The Hall–Kier alpha value is -0.980. The molecule has 84 valence electrons. The van der Waals surface area contributed by atoms with Crippen LogP contribution >= 0.6 is 0 Å². The molecule has 1 heterocycles. The molecule has 0 atom stereocenters. The second-order valence-electron chi connectivity index (χ2n) is 4.21. The van der Waals surface area contributed by atoms with Gasteiger partial charge in [-0.05, 0) is 30.1 Å². The molecule has 1 aliphatic rings. The highest BCUT2D eigenvalue weighted by atomic mass is 15.1. The molecule has 0 saturated carbocycles. The summed E-state index contributed by atoms with van der Waals surface area (Å²) < 4.78 is 0. The molecule has 0 saturated heterocycles. The van der Waals surface area contributed by atoms with E-state index < -0.39 is 0 Å². The second-order valence-corrected chi connectivity index (χ2v) is 4.21. The predicted octanol–water partition coefficient (Wildman–Crippen LogP) is 4.10. The summed E-state index contributed by atoms with van der Waals surface area (Å²) in [6.07, 6.45) is 10.2. The second kappa shape index (κ2) is 5.79. The number of nitrogens with zero attached hydrogens (tertiary/aromatic N) is 1. The molecule has 0 aromatic rings. The Morgan fingerprint density at radius 1 is 1.27 bits per heavy atom. The molecule has 0 N–H and O–H groups in total. The van der Waals surface area contributed by atoms with Gasteiger partial charge < -0.3 is 4.90 Å². The maximum absolute atomic E-state index is 4.11. The van der Waals surface area contributed by atoms with Gasteiger partial charge in [0.2, 0.25) is 0 Å². The Labute approximate surface area is 94.2 Å². The molecule has 1 heteroatoms. The van der Waals surface area contributed by atoms with Crippen LogP contribution in [0.2, 0.25) is 0 Å². The molecule has 0 bridgehead atoms. The van der Waals surface area contributed by atoms with E-state index in [9.17, 15) is 0 Å². The van der Waals surface area contributed by atoms with Gasteiger partial charge >= 0.3 is 0 Å². The van der Waals surface area contributed by atoms with Crippen molar-refractivity contribution in [2.45, 2.75) is 40.0 Å². The molecule has 0 radical (unpaired) electrons. The van der Waals surface area contributed by atoms with Gasteiger partial charge in [0.1, 0.15) is 0 Å². The van der Waals surface area contributed by atoms with E-state index in [1.54, 1.807) is 0 Å². The molecule has 0 spiro atoms. The minimum Gasteiger partial charge on any atom is -0.348 e. The Kier molecular flexibility index (Phi) is 4.67. The van der Waals surface area contributed by atoms with Crippen LogP contribution in [0.1, 0.15) is 40.0 Å². The van der Waals surface area contributed by atoms with Crippen molar-refractivity contribution < 1.29 is 0 Å². The smallest absolute Gasteiger partial charge is 0.0335 e. The molecule has 1 aliphatic heterocycles. The summed E-state index contributed by atoms with van der Waals surface area (Å²) in [5.74, 6) is 0.781. The third-order valence-electron chi connectivity index (χ3n) is 3.21. The SMILES string of the molecule is C=C1C=C(CC)C=CN1CC(CC)CC. The molecule has 0 aromatic carbocycles. The van der Waals surface area contributed by atoms with Gasteiger partial charge in [-0.1, -0.05) is 40.2 Å². The van der Waals surface area contributed by atoms with Gasteiger partial charge in [0.25, 0.3) is 0 Å². The Bertz CT molecular complexity index is 269. The lowest BCUT2D eigenvalue weighted by Gasteiger charge is -2.28. The summed E-state index contributed by atoms with van der Waals surface area (Å²) in [6, 6.07) is 0. The van der Waals surface area contributed by atoms with Crippen molar-refractivity contribution in [3.63, 3.8) is 0 Å². The van der Waals surface area contributed by atoms with Crippen LogP contribution in [0.4, 0.5) is 0 Å². The minimum atomic E-state index is 0.781. The van der Waals surface area contributed by atoms with E-state index in [1.807, 2.05) is 0 Å². The van der Waals surface area contributed by atoms with Crippen LogP contribution in [0.25, 0.3) is 0 Å². The summed E-state index contributed by atoms with van der Waals surface area (Å²) in [7, 11) is 0. The predicted molar refractivity (Wildman–Crippen MR) is 67.4 cm³/mol. The van der Waals surface area contributed by atoms with Crippen LogP contribution in [0.15, 0.2) is 36.2 Å². The third-order valence-corrected chi connectivity index (χ3v) is 3.21. The normalized spacial score (nSPS) is 16.1. The number of hydrogen-bond donors (Lipinski definition) is 0. The van der Waals surface area contributed by atoms with E-state index >= 15 is 0 Å². The van der Waals surface area contributed by atoms with Crippen molar-refractivity contribution in [2.75, 3.05) is 6.54 Å². The fourth-order valence-electron chi connectivity index (χ4n) is 1.85. The summed E-state index contributed by atoms with van der Waals surface area (Å²) in [5.41, 5.74) is 2.52. The van der Waals surface area contributed by atoms with Crippen molar-refractivity contribution >= 4 is 0 Å². The molecule has 0 unspecified atom stereocenters. The molecule has 0 aromatic heterocycles. The zero-order chi connectivity index (χ0) is 11.3. The first-order chi connectivity index (χ1) is 7.21. The minimum absolute atomic E-state index is 0.781. The maximum atomic E-state index is 4.11. The van der Waals surface area contributed by atoms with Gasteiger partial charge in [-0.2, -0.15) is 0 Å². The number of rotatable bonds is 5. The van der Waals surface area contributed by atoms with Gasteiger partial charge in [0, 0.05) is 18.4 Å². The molecular weight excluding hydrogens is 182 g/mol. The van der Waals surface area contributed by atoms with Gasteiger partial charge in [0.15, 0.2) is 0 Å². The van der Waals surface area contributed by atoms with E-state index in [0.717, 1.165) is 24.6 Å². The van der Waals surface area contributed by atoms with E-state index in [-0.39, 0.29) is 0 Å². The van der Waals surface area contributed by atoms with Crippen molar-refractivity contribution in [1.82, 2.24) is 4.90 Å². The van der Waals surface area contributed by atoms with E-state index in [4.69, 9.17) is 0 Å². The topological polar surface area (TPSA) is 3.24 Å². The highest BCUT2D eigenvalue weighted by molar-refractivity contribution is 5.33. The van der Waals surface area contributed by atoms with Gasteiger partial charge in [-0.15, -0.1) is 0 Å². The average molecular weight is 205 g/mol.